The summed E-state index contributed by atoms with van der Waals surface area (Å²) in [5.74, 6) is -3.61. The third-order valence-corrected chi connectivity index (χ3v) is 9.21. The summed E-state index contributed by atoms with van der Waals surface area (Å²) in [4.78, 5) is 55.7. The smallest absolute Gasteiger partial charge is 0.340 e. The Balaban J connectivity index is 1.07. The van der Waals surface area contributed by atoms with Crippen LogP contribution in [0.5, 0.6) is 0 Å². The highest BCUT2D eigenvalue weighted by atomic mass is 16.5. The second-order valence-electron chi connectivity index (χ2n) is 11.4. The van der Waals surface area contributed by atoms with E-state index in [9.17, 15) is 19.2 Å². The number of amides is 3. The van der Waals surface area contributed by atoms with Gasteiger partial charge in [0.05, 0.1) is 23.1 Å². The van der Waals surface area contributed by atoms with Crippen LogP contribution in [0.25, 0.3) is 10.8 Å². The predicted octanol–water partition coefficient (Wildman–Crippen LogP) is 6.03. The van der Waals surface area contributed by atoms with Gasteiger partial charge >= 0.3 is 5.97 Å². The highest BCUT2D eigenvalue weighted by molar-refractivity contribution is 6.25. The Morgan fingerprint density at radius 1 is 0.636 bits per heavy atom. The van der Waals surface area contributed by atoms with Gasteiger partial charge < -0.3 is 10.1 Å². The number of nitrogens with zero attached hydrogens (tertiary/aromatic N) is 1. The Kier molecular flexibility index (Phi) is 5.94. The summed E-state index contributed by atoms with van der Waals surface area (Å²) in [6.07, 6.45) is 0. The average Bonchev–Trinajstić information content (AvgIpc) is 3.33. The number of carbonyl (C=O) groups is 4. The predicted molar refractivity (Wildman–Crippen MR) is 165 cm³/mol. The molecule has 7 heteroatoms. The first kappa shape index (κ1) is 26.1. The second kappa shape index (κ2) is 10.0. The van der Waals surface area contributed by atoms with E-state index >= 15 is 0 Å². The third kappa shape index (κ3) is 3.82. The highest BCUT2D eigenvalue weighted by Crippen LogP contribution is 2.61. The molecule has 2 atom stereocenters. The number of carbonyl (C=O) groups excluding carboxylic acids is 4. The minimum absolute atomic E-state index is 0.0492. The largest absolute Gasteiger partial charge is 0.452 e. The van der Waals surface area contributed by atoms with Crippen molar-refractivity contribution in [2.24, 2.45) is 11.8 Å². The van der Waals surface area contributed by atoms with Gasteiger partial charge in [-0.15, -0.1) is 0 Å². The molecule has 44 heavy (non-hydrogen) atoms. The lowest BCUT2D eigenvalue weighted by molar-refractivity contribution is -0.122. The molecule has 0 spiro atoms. The van der Waals surface area contributed by atoms with E-state index < -0.39 is 30.3 Å². The van der Waals surface area contributed by atoms with Crippen LogP contribution in [0.1, 0.15) is 44.4 Å². The Morgan fingerprint density at radius 2 is 1.16 bits per heavy atom. The van der Waals surface area contributed by atoms with E-state index in [0.717, 1.165) is 33.0 Å². The number of nitrogens with one attached hydrogen (secondary N) is 1. The van der Waals surface area contributed by atoms with E-state index in [1.54, 1.807) is 24.3 Å². The van der Waals surface area contributed by atoms with Crippen LogP contribution in [0.3, 0.4) is 0 Å². The Morgan fingerprint density at radius 3 is 1.80 bits per heavy atom. The number of fused-ring (bicyclic) bond motifs is 1. The Bertz CT molecular complexity index is 1910. The summed E-state index contributed by atoms with van der Waals surface area (Å²) >= 11 is 0. The highest BCUT2D eigenvalue weighted by Gasteiger charge is 2.62. The fourth-order valence-electron chi connectivity index (χ4n) is 7.49. The minimum atomic E-state index is -0.793. The van der Waals surface area contributed by atoms with Gasteiger partial charge in [-0.05, 0) is 45.8 Å². The first-order chi connectivity index (χ1) is 21.5. The van der Waals surface area contributed by atoms with Crippen molar-refractivity contribution >= 4 is 45.8 Å². The van der Waals surface area contributed by atoms with Crippen LogP contribution in [-0.2, 0) is 19.1 Å². The molecule has 214 valence electrons. The van der Waals surface area contributed by atoms with Gasteiger partial charge in [-0.25, -0.2) is 9.69 Å². The molecule has 2 bridgehead atoms. The first-order valence-electron chi connectivity index (χ1n) is 14.6. The van der Waals surface area contributed by atoms with Crippen LogP contribution in [0, 0.1) is 11.8 Å². The molecule has 1 aliphatic heterocycles. The molecule has 0 radical (unpaired) electrons. The number of benzene rings is 5. The fourth-order valence-corrected chi connectivity index (χ4v) is 7.49. The van der Waals surface area contributed by atoms with Gasteiger partial charge in [0.25, 0.3) is 5.91 Å². The summed E-state index contributed by atoms with van der Waals surface area (Å²) in [6, 6.07) is 35.7. The quantitative estimate of drug-likeness (QED) is 0.203. The lowest BCUT2D eigenvalue weighted by atomic mass is 9.55. The van der Waals surface area contributed by atoms with Crippen LogP contribution in [0.15, 0.2) is 115 Å². The third-order valence-electron chi connectivity index (χ3n) is 9.21. The first-order valence-corrected chi connectivity index (χ1v) is 14.6. The second-order valence-corrected chi connectivity index (χ2v) is 11.4. The lowest BCUT2D eigenvalue weighted by Gasteiger charge is -2.45. The van der Waals surface area contributed by atoms with Crippen molar-refractivity contribution in [1.29, 1.82) is 0 Å². The van der Waals surface area contributed by atoms with Crippen LogP contribution >= 0.6 is 0 Å². The van der Waals surface area contributed by atoms with Crippen LogP contribution in [0.2, 0.25) is 0 Å². The maximum Gasteiger partial charge on any atom is 0.340 e. The summed E-state index contributed by atoms with van der Waals surface area (Å²) < 4.78 is 5.42. The topological polar surface area (TPSA) is 92.8 Å². The van der Waals surface area contributed by atoms with Gasteiger partial charge in [0.2, 0.25) is 11.8 Å². The summed E-state index contributed by atoms with van der Waals surface area (Å²) in [6.45, 7) is -0.529. The Hall–Kier alpha value is -5.56. The van der Waals surface area contributed by atoms with Gasteiger partial charge in [0.1, 0.15) is 0 Å². The van der Waals surface area contributed by atoms with Crippen molar-refractivity contribution in [2.45, 2.75) is 11.8 Å². The van der Waals surface area contributed by atoms with Gasteiger partial charge in [-0.3, -0.25) is 14.4 Å². The number of hydrogen-bond donors (Lipinski definition) is 1. The molecule has 1 N–H and O–H groups in total. The lowest BCUT2D eigenvalue weighted by Crippen LogP contribution is -2.41. The number of anilines is 2. The molecule has 3 amide bonds. The van der Waals surface area contributed by atoms with Crippen molar-refractivity contribution in [1.82, 2.24) is 0 Å². The average molecular weight is 579 g/mol. The molecule has 4 aliphatic rings. The zero-order valence-electron chi connectivity index (χ0n) is 23.5. The monoisotopic (exact) mass is 578 g/mol. The van der Waals surface area contributed by atoms with Crippen molar-refractivity contribution in [2.75, 3.05) is 16.8 Å². The number of imide groups is 1. The number of para-hydroxylation sites is 1. The van der Waals surface area contributed by atoms with E-state index in [-0.39, 0.29) is 34.9 Å². The van der Waals surface area contributed by atoms with Crippen molar-refractivity contribution < 1.29 is 23.9 Å². The maximum atomic E-state index is 14.2. The van der Waals surface area contributed by atoms with E-state index in [2.05, 4.69) is 5.32 Å². The van der Waals surface area contributed by atoms with Crippen molar-refractivity contribution in [3.05, 3.63) is 143 Å². The van der Waals surface area contributed by atoms with Gasteiger partial charge in [-0.1, -0.05) is 97.1 Å². The van der Waals surface area contributed by atoms with Gasteiger partial charge in [0.15, 0.2) is 6.61 Å². The molecule has 5 aromatic rings. The summed E-state index contributed by atoms with van der Waals surface area (Å²) in [7, 11) is 0. The maximum absolute atomic E-state index is 14.2. The molecule has 1 saturated heterocycles. The minimum Gasteiger partial charge on any atom is -0.452 e. The van der Waals surface area contributed by atoms with Crippen LogP contribution in [-0.4, -0.2) is 30.3 Å². The number of rotatable bonds is 5. The van der Waals surface area contributed by atoms with E-state index in [4.69, 9.17) is 4.74 Å². The molecule has 5 aromatic carbocycles. The normalized spacial score (nSPS) is 21.0. The van der Waals surface area contributed by atoms with Crippen molar-refractivity contribution in [3.8, 4) is 0 Å². The van der Waals surface area contributed by atoms with Crippen molar-refractivity contribution in [3.63, 3.8) is 0 Å². The fraction of sp³-hybridized carbons (Fsp3) is 0.135. The zero-order chi connectivity index (χ0) is 29.9. The number of hydrogen-bond acceptors (Lipinski definition) is 5. The number of ether oxygens (including phenoxy) is 1. The zero-order valence-corrected chi connectivity index (χ0v) is 23.5. The molecule has 9 rings (SSSR count). The molecule has 0 unspecified atom stereocenters. The van der Waals surface area contributed by atoms with E-state index in [1.165, 1.54) is 11.0 Å². The molecule has 0 aromatic heterocycles. The molecule has 7 nitrogen and oxygen atoms in total. The van der Waals surface area contributed by atoms with Gasteiger partial charge in [0, 0.05) is 22.9 Å². The van der Waals surface area contributed by atoms with E-state index in [1.807, 2.05) is 84.9 Å². The molecule has 0 saturated carbocycles. The van der Waals surface area contributed by atoms with Crippen LogP contribution in [0.4, 0.5) is 11.4 Å². The summed E-state index contributed by atoms with van der Waals surface area (Å²) in [5.41, 5.74) is 5.13. The molecule has 3 aliphatic carbocycles. The van der Waals surface area contributed by atoms with E-state index in [0.29, 0.717) is 5.69 Å². The standard InChI is InChI=1S/C37H26N2O5/c40-30(38-28-18-9-11-21-10-1-2-12-22(21)28)20-44-37(43)27-17-7-8-19-29(27)39-35(41)33-31-23-13-3-4-14-24(23)32(34(33)36(39)42)26-16-6-5-15-25(26)31/h1-19,31-34H,20H2,(H,38,40)/t31?,32?,33-,34+. The van der Waals surface area contributed by atoms with Crippen LogP contribution < -0.4 is 10.2 Å². The molecular weight excluding hydrogens is 552 g/mol. The molecular formula is C37H26N2O5. The van der Waals surface area contributed by atoms with Gasteiger partial charge in [-0.2, -0.15) is 0 Å². The SMILES string of the molecule is O=C(COC(=O)c1ccccc1N1C(=O)[C@@H]2C3c4ccccc4C(c4ccccc43)[C@@H]2C1=O)Nc1cccc2ccccc12. The molecule has 1 fully saturated rings. The Labute approximate surface area is 253 Å². The summed E-state index contributed by atoms with van der Waals surface area (Å²) in [5, 5.41) is 4.64. The number of esters is 1. The molecule has 1 heterocycles.